The molecule has 0 aliphatic rings. The smallest absolute Gasteiger partial charge is 0.0241 e. The molecule has 0 radical (unpaired) electrons. The molecule has 0 saturated heterocycles. The summed E-state index contributed by atoms with van der Waals surface area (Å²) in [7, 11) is 0. The van der Waals surface area contributed by atoms with Crippen molar-refractivity contribution in [1.82, 2.24) is 0 Å². The Morgan fingerprint density at radius 3 is 2.53 bits per heavy atom. The third-order valence-electron chi connectivity index (χ3n) is 2.47. The van der Waals surface area contributed by atoms with Crippen LogP contribution >= 0.6 is 0 Å². The maximum Gasteiger partial charge on any atom is 0.0241 e. The van der Waals surface area contributed by atoms with Crippen molar-refractivity contribution in [3.8, 4) is 11.8 Å². The van der Waals surface area contributed by atoms with Crippen molar-refractivity contribution in [3.63, 3.8) is 0 Å². The quantitative estimate of drug-likeness (QED) is 0.745. The molecule has 1 nitrogen and oxygen atoms in total. The molecule has 0 spiro atoms. The normalized spacial score (nSPS) is 11.7. The lowest BCUT2D eigenvalue weighted by Crippen LogP contribution is -2.19. The van der Waals surface area contributed by atoms with Crippen LogP contribution in [0.4, 0.5) is 0 Å². The van der Waals surface area contributed by atoms with Gasteiger partial charge in [-0.3, -0.25) is 0 Å². The van der Waals surface area contributed by atoms with Gasteiger partial charge in [0.25, 0.3) is 0 Å². The number of hydrogen-bond acceptors (Lipinski definition) is 1. The first-order chi connectivity index (χ1) is 7.22. The summed E-state index contributed by atoms with van der Waals surface area (Å²) in [5.41, 5.74) is 8.60. The molecule has 15 heavy (non-hydrogen) atoms. The molecule has 80 valence electrons. The largest absolute Gasteiger partial charge is 0.327 e. The molecule has 1 rings (SSSR count). The van der Waals surface area contributed by atoms with Crippen molar-refractivity contribution in [3.05, 3.63) is 35.4 Å². The van der Waals surface area contributed by atoms with Gasteiger partial charge in [-0.05, 0) is 32.3 Å². The van der Waals surface area contributed by atoms with Gasteiger partial charge in [-0.1, -0.05) is 29.8 Å². The Bertz CT molecular complexity index is 340. The summed E-state index contributed by atoms with van der Waals surface area (Å²) in [4.78, 5) is 0. The van der Waals surface area contributed by atoms with Crippen molar-refractivity contribution in [2.24, 2.45) is 5.73 Å². The first-order valence-corrected chi connectivity index (χ1v) is 5.43. The Kier molecular flexibility index (Phi) is 4.93. The van der Waals surface area contributed by atoms with E-state index in [0.29, 0.717) is 0 Å². The zero-order valence-electron chi connectivity index (χ0n) is 9.59. The molecule has 0 aliphatic heterocycles. The van der Waals surface area contributed by atoms with Gasteiger partial charge in [0, 0.05) is 12.5 Å². The average molecular weight is 201 g/mol. The van der Waals surface area contributed by atoms with Crippen LogP contribution in [0.3, 0.4) is 0 Å². The number of aryl methyl sites for hydroxylation is 2. The van der Waals surface area contributed by atoms with Gasteiger partial charge in [0.05, 0.1) is 0 Å². The van der Waals surface area contributed by atoms with E-state index < -0.39 is 0 Å². The van der Waals surface area contributed by atoms with Crippen LogP contribution in [0.5, 0.6) is 0 Å². The van der Waals surface area contributed by atoms with Gasteiger partial charge in [-0.25, -0.2) is 0 Å². The Hall–Kier alpha value is -1.26. The van der Waals surface area contributed by atoms with Crippen LogP contribution in [0.2, 0.25) is 0 Å². The Labute approximate surface area is 92.7 Å². The summed E-state index contributed by atoms with van der Waals surface area (Å²) in [6.07, 6.45) is 2.87. The van der Waals surface area contributed by atoms with E-state index in [1.807, 2.05) is 6.92 Å². The molecule has 0 heterocycles. The fraction of sp³-hybridized carbons (Fsp3) is 0.429. The van der Waals surface area contributed by atoms with Crippen LogP contribution in [0.25, 0.3) is 0 Å². The number of benzene rings is 1. The third-order valence-corrected chi connectivity index (χ3v) is 2.47. The standard InChI is InChI=1S/C14H19N/c1-3-4-5-14(15)11-10-13-8-6-12(2)7-9-13/h6-9,14H,5,10-11,15H2,1-2H3. The van der Waals surface area contributed by atoms with Crippen molar-refractivity contribution < 1.29 is 0 Å². The Morgan fingerprint density at radius 2 is 1.93 bits per heavy atom. The van der Waals surface area contributed by atoms with E-state index in [-0.39, 0.29) is 6.04 Å². The second-order valence-corrected chi connectivity index (χ2v) is 3.92. The van der Waals surface area contributed by atoms with E-state index >= 15 is 0 Å². The highest BCUT2D eigenvalue weighted by Crippen LogP contribution is 2.07. The van der Waals surface area contributed by atoms with Gasteiger partial charge < -0.3 is 5.73 Å². The highest BCUT2D eigenvalue weighted by Gasteiger charge is 2.00. The molecular weight excluding hydrogens is 182 g/mol. The van der Waals surface area contributed by atoms with Crippen LogP contribution in [0.1, 0.15) is 30.9 Å². The molecule has 1 aromatic rings. The fourth-order valence-electron chi connectivity index (χ4n) is 1.44. The van der Waals surface area contributed by atoms with E-state index in [4.69, 9.17) is 5.73 Å². The average Bonchev–Trinajstić information content (AvgIpc) is 2.25. The van der Waals surface area contributed by atoms with E-state index in [0.717, 1.165) is 19.3 Å². The summed E-state index contributed by atoms with van der Waals surface area (Å²) in [5.74, 6) is 5.89. The predicted octanol–water partition coefficient (Wildman–Crippen LogP) is 2.67. The van der Waals surface area contributed by atoms with E-state index in [2.05, 4.69) is 43.0 Å². The maximum absolute atomic E-state index is 5.94. The van der Waals surface area contributed by atoms with E-state index in [1.54, 1.807) is 0 Å². The topological polar surface area (TPSA) is 26.0 Å². The lowest BCUT2D eigenvalue weighted by atomic mass is 10.0. The lowest BCUT2D eigenvalue weighted by Gasteiger charge is -2.07. The molecule has 0 amide bonds. The zero-order chi connectivity index (χ0) is 11.1. The summed E-state index contributed by atoms with van der Waals surface area (Å²) in [6, 6.07) is 8.85. The predicted molar refractivity (Wildman–Crippen MR) is 65.5 cm³/mol. The van der Waals surface area contributed by atoms with E-state index in [9.17, 15) is 0 Å². The van der Waals surface area contributed by atoms with Crippen molar-refractivity contribution >= 4 is 0 Å². The SMILES string of the molecule is CC#CCC(N)CCc1ccc(C)cc1. The van der Waals surface area contributed by atoms with Crippen molar-refractivity contribution in [2.45, 2.75) is 39.2 Å². The molecule has 0 fully saturated rings. The highest BCUT2D eigenvalue weighted by molar-refractivity contribution is 5.21. The molecule has 2 N–H and O–H groups in total. The molecule has 0 aromatic heterocycles. The molecule has 0 aliphatic carbocycles. The Balaban J connectivity index is 2.35. The third kappa shape index (κ3) is 4.67. The van der Waals surface area contributed by atoms with Crippen LogP contribution in [0, 0.1) is 18.8 Å². The summed E-state index contributed by atoms with van der Waals surface area (Å²) in [5, 5.41) is 0. The Morgan fingerprint density at radius 1 is 1.27 bits per heavy atom. The molecular formula is C14H19N. The van der Waals surface area contributed by atoms with Crippen LogP contribution in [-0.2, 0) is 6.42 Å². The number of rotatable bonds is 4. The van der Waals surface area contributed by atoms with Gasteiger partial charge in [-0.2, -0.15) is 0 Å². The van der Waals surface area contributed by atoms with Gasteiger partial charge in [0.15, 0.2) is 0 Å². The van der Waals surface area contributed by atoms with Crippen LogP contribution in [-0.4, -0.2) is 6.04 Å². The van der Waals surface area contributed by atoms with Crippen LogP contribution < -0.4 is 5.73 Å². The molecule has 1 atom stereocenters. The van der Waals surface area contributed by atoms with Crippen molar-refractivity contribution in [1.29, 1.82) is 0 Å². The first kappa shape index (κ1) is 11.8. The fourth-order valence-corrected chi connectivity index (χ4v) is 1.44. The first-order valence-electron chi connectivity index (χ1n) is 5.43. The van der Waals surface area contributed by atoms with E-state index in [1.165, 1.54) is 11.1 Å². The summed E-state index contributed by atoms with van der Waals surface area (Å²) < 4.78 is 0. The van der Waals surface area contributed by atoms with Gasteiger partial charge in [-0.15, -0.1) is 11.8 Å². The summed E-state index contributed by atoms with van der Waals surface area (Å²) >= 11 is 0. The molecule has 1 aromatic carbocycles. The monoisotopic (exact) mass is 201 g/mol. The van der Waals surface area contributed by atoms with Crippen molar-refractivity contribution in [2.75, 3.05) is 0 Å². The number of hydrogen-bond donors (Lipinski definition) is 1. The molecule has 0 saturated carbocycles. The minimum Gasteiger partial charge on any atom is -0.327 e. The van der Waals surface area contributed by atoms with Gasteiger partial charge in [0.1, 0.15) is 0 Å². The molecule has 0 bridgehead atoms. The minimum atomic E-state index is 0.207. The second-order valence-electron chi connectivity index (χ2n) is 3.92. The number of nitrogens with two attached hydrogens (primary N) is 1. The highest BCUT2D eigenvalue weighted by atomic mass is 14.6. The zero-order valence-corrected chi connectivity index (χ0v) is 9.59. The van der Waals surface area contributed by atoms with Gasteiger partial charge >= 0.3 is 0 Å². The minimum absolute atomic E-state index is 0.207. The molecule has 1 unspecified atom stereocenters. The molecule has 1 heteroatoms. The summed E-state index contributed by atoms with van der Waals surface area (Å²) in [6.45, 7) is 3.96. The maximum atomic E-state index is 5.94. The lowest BCUT2D eigenvalue weighted by molar-refractivity contribution is 0.628. The van der Waals surface area contributed by atoms with Crippen LogP contribution in [0.15, 0.2) is 24.3 Å². The second kappa shape index (κ2) is 6.27. The van der Waals surface area contributed by atoms with Gasteiger partial charge in [0.2, 0.25) is 0 Å².